The summed E-state index contributed by atoms with van der Waals surface area (Å²) in [6.45, 7) is -3.05. The van der Waals surface area contributed by atoms with Crippen LogP contribution < -0.4 is 10.5 Å². The zero-order valence-electron chi connectivity index (χ0n) is 13.5. The van der Waals surface area contributed by atoms with Crippen molar-refractivity contribution in [3.8, 4) is 5.75 Å². The van der Waals surface area contributed by atoms with Gasteiger partial charge in [-0.25, -0.2) is 8.42 Å². The summed E-state index contributed by atoms with van der Waals surface area (Å²) >= 11 is 5.81. The first-order valence-corrected chi connectivity index (χ1v) is 9.02. The molecule has 140 valence electrons. The van der Waals surface area contributed by atoms with Gasteiger partial charge in [0.2, 0.25) is 15.9 Å². The third-order valence-corrected chi connectivity index (χ3v) is 5.57. The highest BCUT2D eigenvalue weighted by atomic mass is 35.5. The molecule has 0 atom stereocenters. The molecule has 2 rings (SSSR count). The van der Waals surface area contributed by atoms with Gasteiger partial charge in [0.1, 0.15) is 5.75 Å². The Morgan fingerprint density at radius 2 is 1.85 bits per heavy atom. The van der Waals surface area contributed by atoms with E-state index in [1.807, 2.05) is 0 Å². The van der Waals surface area contributed by atoms with E-state index < -0.39 is 22.5 Å². The lowest BCUT2D eigenvalue weighted by Crippen LogP contribution is -2.26. The molecule has 0 spiro atoms. The lowest BCUT2D eigenvalue weighted by Gasteiger charge is -2.18. The van der Waals surface area contributed by atoms with Gasteiger partial charge < -0.3 is 10.5 Å². The molecule has 2 N–H and O–H groups in total. The maximum absolute atomic E-state index is 12.6. The van der Waals surface area contributed by atoms with Gasteiger partial charge in [-0.2, -0.15) is 13.1 Å². The monoisotopic (exact) mass is 404 g/mol. The van der Waals surface area contributed by atoms with E-state index >= 15 is 0 Å². The summed E-state index contributed by atoms with van der Waals surface area (Å²) in [7, 11) is -2.56. The number of amides is 1. The lowest BCUT2D eigenvalue weighted by molar-refractivity contribution is -0.0498. The van der Waals surface area contributed by atoms with E-state index in [2.05, 4.69) is 4.74 Å². The zero-order chi connectivity index (χ0) is 19.5. The number of alkyl halides is 2. The Morgan fingerprint density at radius 3 is 2.35 bits per heavy atom. The van der Waals surface area contributed by atoms with E-state index in [1.54, 1.807) is 12.1 Å². The predicted octanol–water partition coefficient (Wildman–Crippen LogP) is 2.86. The number of nitrogens with zero attached hydrogens (tertiary/aromatic N) is 1. The fraction of sp³-hybridized carbons (Fsp3) is 0.188. The first-order chi connectivity index (χ1) is 12.1. The molecule has 0 aliphatic heterocycles. The third kappa shape index (κ3) is 4.69. The summed E-state index contributed by atoms with van der Waals surface area (Å²) in [5, 5.41) is -0.245. The zero-order valence-corrected chi connectivity index (χ0v) is 15.1. The Labute approximate surface area is 154 Å². The van der Waals surface area contributed by atoms with Gasteiger partial charge in [-0.05, 0) is 35.9 Å². The van der Waals surface area contributed by atoms with Crippen LogP contribution in [0.1, 0.15) is 15.9 Å². The Hall–Kier alpha value is -2.23. The number of nitrogens with two attached hydrogens (primary N) is 1. The maximum atomic E-state index is 12.6. The number of sulfonamides is 1. The van der Waals surface area contributed by atoms with Crippen molar-refractivity contribution in [2.24, 2.45) is 5.73 Å². The van der Waals surface area contributed by atoms with Crippen LogP contribution in [0, 0.1) is 0 Å². The van der Waals surface area contributed by atoms with Crippen LogP contribution in [0.25, 0.3) is 0 Å². The van der Waals surface area contributed by atoms with Crippen LogP contribution in [0.5, 0.6) is 5.75 Å². The SMILES string of the molecule is CN(Cc1ccc(C(N)=O)cc1)S(=O)(=O)c1ccc(OC(F)F)c(Cl)c1. The number of halogens is 3. The topological polar surface area (TPSA) is 89.7 Å². The third-order valence-electron chi connectivity index (χ3n) is 3.47. The molecular weight excluding hydrogens is 390 g/mol. The average Bonchev–Trinajstić information content (AvgIpc) is 2.56. The predicted molar refractivity (Wildman–Crippen MR) is 91.7 cm³/mol. The molecule has 0 saturated heterocycles. The van der Waals surface area contributed by atoms with E-state index in [4.69, 9.17) is 17.3 Å². The smallest absolute Gasteiger partial charge is 0.387 e. The minimum Gasteiger partial charge on any atom is -0.433 e. The summed E-state index contributed by atoms with van der Waals surface area (Å²) in [6.07, 6.45) is 0. The van der Waals surface area contributed by atoms with Crippen LogP contribution in [-0.4, -0.2) is 32.3 Å². The van der Waals surface area contributed by atoms with Crippen molar-refractivity contribution < 1.29 is 26.7 Å². The number of hydrogen-bond donors (Lipinski definition) is 1. The van der Waals surface area contributed by atoms with Crippen LogP contribution in [-0.2, 0) is 16.6 Å². The molecule has 0 radical (unpaired) electrons. The van der Waals surface area contributed by atoms with Crippen molar-refractivity contribution >= 4 is 27.5 Å². The number of rotatable bonds is 7. The van der Waals surface area contributed by atoms with E-state index in [-0.39, 0.29) is 22.2 Å². The van der Waals surface area contributed by atoms with Gasteiger partial charge in [-0.3, -0.25) is 4.79 Å². The summed E-state index contributed by atoms with van der Waals surface area (Å²) in [5.41, 5.74) is 6.09. The first kappa shape index (κ1) is 20.1. The van der Waals surface area contributed by atoms with Gasteiger partial charge in [-0.1, -0.05) is 23.7 Å². The summed E-state index contributed by atoms with van der Waals surface area (Å²) < 4.78 is 54.9. The van der Waals surface area contributed by atoms with Crippen LogP contribution in [0.2, 0.25) is 5.02 Å². The molecule has 10 heteroatoms. The average molecular weight is 405 g/mol. The molecule has 0 heterocycles. The molecule has 2 aromatic carbocycles. The second-order valence-corrected chi connectivity index (χ2v) is 7.75. The Morgan fingerprint density at radius 1 is 1.23 bits per heavy atom. The Kier molecular flexibility index (Phi) is 6.17. The molecule has 0 bridgehead atoms. The number of hydrogen-bond acceptors (Lipinski definition) is 4. The van der Waals surface area contributed by atoms with Crippen molar-refractivity contribution in [3.63, 3.8) is 0 Å². The number of primary amides is 1. The van der Waals surface area contributed by atoms with Gasteiger partial charge in [0.15, 0.2) is 0 Å². The van der Waals surface area contributed by atoms with Crippen molar-refractivity contribution in [2.45, 2.75) is 18.1 Å². The standard InChI is InChI=1S/C16H15ClF2N2O4S/c1-21(9-10-2-4-11(5-3-10)15(20)22)26(23,24)12-6-7-14(13(17)8-12)25-16(18)19/h2-8,16H,9H2,1H3,(H2,20,22). The van der Waals surface area contributed by atoms with Gasteiger partial charge >= 0.3 is 6.61 Å². The number of benzene rings is 2. The quantitative estimate of drug-likeness (QED) is 0.768. The van der Waals surface area contributed by atoms with Crippen molar-refractivity contribution in [2.75, 3.05) is 7.05 Å². The normalized spacial score (nSPS) is 11.8. The van der Waals surface area contributed by atoms with Crippen molar-refractivity contribution in [3.05, 3.63) is 58.6 Å². The molecule has 0 saturated carbocycles. The highest BCUT2D eigenvalue weighted by molar-refractivity contribution is 7.89. The lowest BCUT2D eigenvalue weighted by atomic mass is 10.1. The van der Waals surface area contributed by atoms with Crippen LogP contribution >= 0.6 is 11.6 Å². The molecule has 0 fully saturated rings. The largest absolute Gasteiger partial charge is 0.433 e. The van der Waals surface area contributed by atoms with Gasteiger partial charge in [0.05, 0.1) is 9.92 Å². The summed E-state index contributed by atoms with van der Waals surface area (Å²) in [4.78, 5) is 10.9. The molecule has 0 unspecified atom stereocenters. The van der Waals surface area contributed by atoms with Gasteiger partial charge in [-0.15, -0.1) is 0 Å². The van der Waals surface area contributed by atoms with Crippen molar-refractivity contribution in [1.29, 1.82) is 0 Å². The Balaban J connectivity index is 2.20. The minimum atomic E-state index is -3.92. The minimum absolute atomic E-state index is 0.0221. The van der Waals surface area contributed by atoms with Crippen LogP contribution in [0.15, 0.2) is 47.4 Å². The molecule has 0 aromatic heterocycles. The molecule has 0 aliphatic rings. The second kappa shape index (κ2) is 7.98. The highest BCUT2D eigenvalue weighted by Crippen LogP contribution is 2.30. The fourth-order valence-electron chi connectivity index (χ4n) is 2.13. The van der Waals surface area contributed by atoms with Gasteiger partial charge in [0.25, 0.3) is 0 Å². The van der Waals surface area contributed by atoms with Crippen LogP contribution in [0.3, 0.4) is 0 Å². The van der Waals surface area contributed by atoms with E-state index in [0.29, 0.717) is 11.1 Å². The van der Waals surface area contributed by atoms with E-state index in [1.165, 1.54) is 19.2 Å². The van der Waals surface area contributed by atoms with E-state index in [9.17, 15) is 22.0 Å². The highest BCUT2D eigenvalue weighted by Gasteiger charge is 2.22. The molecule has 26 heavy (non-hydrogen) atoms. The molecule has 6 nitrogen and oxygen atoms in total. The molecule has 2 aromatic rings. The fourth-order valence-corrected chi connectivity index (χ4v) is 3.61. The number of ether oxygens (including phenoxy) is 1. The molecule has 1 amide bonds. The number of carbonyl (C=O) groups is 1. The van der Waals surface area contributed by atoms with E-state index in [0.717, 1.165) is 22.5 Å². The second-order valence-electron chi connectivity index (χ2n) is 5.29. The summed E-state index contributed by atoms with van der Waals surface area (Å²) in [6, 6.07) is 9.39. The number of carbonyl (C=O) groups excluding carboxylic acids is 1. The molecule has 0 aliphatic carbocycles. The van der Waals surface area contributed by atoms with Crippen molar-refractivity contribution in [1.82, 2.24) is 4.31 Å². The summed E-state index contributed by atoms with van der Waals surface area (Å²) in [5.74, 6) is -0.899. The Bertz CT molecular complexity index is 905. The van der Waals surface area contributed by atoms with Gasteiger partial charge in [0, 0.05) is 19.2 Å². The molecular formula is C16H15ClF2N2O4S. The first-order valence-electron chi connectivity index (χ1n) is 7.20. The maximum Gasteiger partial charge on any atom is 0.387 e. The van der Waals surface area contributed by atoms with Crippen LogP contribution in [0.4, 0.5) is 8.78 Å².